The van der Waals surface area contributed by atoms with Crippen molar-refractivity contribution >= 4 is 5.69 Å². The van der Waals surface area contributed by atoms with Crippen LogP contribution in [0.4, 0.5) is 5.69 Å². The lowest BCUT2D eigenvalue weighted by molar-refractivity contribution is 0.760. The summed E-state index contributed by atoms with van der Waals surface area (Å²) in [6.45, 7) is 2.12. The van der Waals surface area contributed by atoms with Crippen LogP contribution in [0.15, 0.2) is 42.7 Å². The lowest BCUT2D eigenvalue weighted by Gasteiger charge is -2.16. The van der Waals surface area contributed by atoms with Gasteiger partial charge in [-0.1, -0.05) is 24.3 Å². The molecule has 1 atom stereocenters. The minimum Gasteiger partial charge on any atom is -0.377 e. The molecular formula is C15H16N2. The van der Waals surface area contributed by atoms with Crippen molar-refractivity contribution in [3.8, 4) is 0 Å². The average Bonchev–Trinajstić information content (AvgIpc) is 2.76. The summed E-state index contributed by atoms with van der Waals surface area (Å²) in [5.41, 5.74) is 5.32. The molecule has 1 aromatic carbocycles. The first kappa shape index (κ1) is 10.3. The summed E-state index contributed by atoms with van der Waals surface area (Å²) in [6.07, 6.45) is 6.10. The van der Waals surface area contributed by atoms with E-state index in [-0.39, 0.29) is 0 Å². The molecule has 0 bridgehead atoms. The van der Waals surface area contributed by atoms with Gasteiger partial charge in [0, 0.05) is 6.20 Å². The van der Waals surface area contributed by atoms with E-state index in [1.165, 1.54) is 29.5 Å². The van der Waals surface area contributed by atoms with Gasteiger partial charge in [0.2, 0.25) is 0 Å². The first-order valence-electron chi connectivity index (χ1n) is 6.09. The van der Waals surface area contributed by atoms with E-state index in [4.69, 9.17) is 0 Å². The van der Waals surface area contributed by atoms with Crippen LogP contribution >= 0.6 is 0 Å². The highest BCUT2D eigenvalue weighted by atomic mass is 14.9. The largest absolute Gasteiger partial charge is 0.377 e. The van der Waals surface area contributed by atoms with Crippen molar-refractivity contribution in [2.24, 2.45) is 0 Å². The molecule has 17 heavy (non-hydrogen) atoms. The second-order valence-corrected chi connectivity index (χ2v) is 4.63. The number of benzene rings is 1. The molecule has 0 spiro atoms. The molecule has 2 aromatic rings. The Kier molecular flexibility index (Phi) is 2.56. The van der Waals surface area contributed by atoms with E-state index in [9.17, 15) is 0 Å². The summed E-state index contributed by atoms with van der Waals surface area (Å²) in [7, 11) is 0. The van der Waals surface area contributed by atoms with Crippen molar-refractivity contribution in [2.75, 3.05) is 5.32 Å². The molecule has 1 heterocycles. The van der Waals surface area contributed by atoms with Crippen LogP contribution in [0.5, 0.6) is 0 Å². The van der Waals surface area contributed by atoms with Gasteiger partial charge < -0.3 is 5.32 Å². The van der Waals surface area contributed by atoms with Crippen LogP contribution in [-0.4, -0.2) is 4.98 Å². The predicted octanol–water partition coefficient (Wildman–Crippen LogP) is 3.49. The molecule has 1 aliphatic rings. The minimum absolute atomic E-state index is 0.439. The van der Waals surface area contributed by atoms with Gasteiger partial charge in [-0.05, 0) is 42.5 Å². The predicted molar refractivity (Wildman–Crippen MR) is 70.1 cm³/mol. The van der Waals surface area contributed by atoms with Gasteiger partial charge >= 0.3 is 0 Å². The summed E-state index contributed by atoms with van der Waals surface area (Å²) in [4.78, 5) is 4.18. The third kappa shape index (κ3) is 1.91. The molecule has 3 rings (SSSR count). The molecule has 2 heteroatoms. The molecule has 2 nitrogen and oxygen atoms in total. The number of nitrogens with zero attached hydrogens (tertiary/aromatic N) is 1. The topological polar surface area (TPSA) is 24.9 Å². The van der Waals surface area contributed by atoms with Gasteiger partial charge in [-0.2, -0.15) is 0 Å². The van der Waals surface area contributed by atoms with E-state index in [1.807, 2.05) is 18.5 Å². The highest BCUT2D eigenvalue weighted by Gasteiger charge is 2.21. The molecule has 1 aliphatic carbocycles. The maximum atomic E-state index is 4.18. The maximum absolute atomic E-state index is 4.18. The Morgan fingerprint density at radius 3 is 3.00 bits per heavy atom. The van der Waals surface area contributed by atoms with Crippen LogP contribution in [-0.2, 0) is 6.42 Å². The SMILES string of the molecule is Cc1ccncc1NC1CCc2ccccc21. The van der Waals surface area contributed by atoms with Crippen LogP contribution < -0.4 is 5.32 Å². The van der Waals surface area contributed by atoms with E-state index in [1.54, 1.807) is 0 Å². The second-order valence-electron chi connectivity index (χ2n) is 4.63. The van der Waals surface area contributed by atoms with Crippen LogP contribution in [0.25, 0.3) is 0 Å². The van der Waals surface area contributed by atoms with Crippen molar-refractivity contribution in [1.82, 2.24) is 4.98 Å². The summed E-state index contributed by atoms with van der Waals surface area (Å²) in [5.74, 6) is 0. The molecule has 0 saturated heterocycles. The number of anilines is 1. The summed E-state index contributed by atoms with van der Waals surface area (Å²) in [6, 6.07) is 11.2. The Balaban J connectivity index is 1.87. The quantitative estimate of drug-likeness (QED) is 0.844. The molecule has 0 aliphatic heterocycles. The molecule has 0 fully saturated rings. The zero-order chi connectivity index (χ0) is 11.7. The number of hydrogen-bond donors (Lipinski definition) is 1. The van der Waals surface area contributed by atoms with E-state index >= 15 is 0 Å². The lowest BCUT2D eigenvalue weighted by Crippen LogP contribution is -2.08. The van der Waals surface area contributed by atoms with E-state index < -0.39 is 0 Å². The highest BCUT2D eigenvalue weighted by molar-refractivity contribution is 5.51. The van der Waals surface area contributed by atoms with E-state index in [0.29, 0.717) is 6.04 Å². The number of nitrogens with one attached hydrogen (secondary N) is 1. The van der Waals surface area contributed by atoms with Crippen molar-refractivity contribution in [1.29, 1.82) is 0 Å². The summed E-state index contributed by atoms with van der Waals surface area (Å²) in [5, 5.41) is 3.60. The Bertz CT molecular complexity index is 534. The number of aryl methyl sites for hydroxylation is 2. The molecule has 1 aromatic heterocycles. The molecular weight excluding hydrogens is 208 g/mol. The van der Waals surface area contributed by atoms with Crippen LogP contribution in [0.1, 0.15) is 29.2 Å². The minimum atomic E-state index is 0.439. The number of aromatic nitrogens is 1. The Labute approximate surface area is 102 Å². The van der Waals surface area contributed by atoms with Crippen molar-refractivity contribution in [2.45, 2.75) is 25.8 Å². The molecule has 86 valence electrons. The first-order chi connectivity index (χ1) is 8.34. The molecule has 1 N–H and O–H groups in total. The maximum Gasteiger partial charge on any atom is 0.0561 e. The first-order valence-corrected chi connectivity index (χ1v) is 6.09. The van der Waals surface area contributed by atoms with Gasteiger partial charge in [-0.25, -0.2) is 0 Å². The van der Waals surface area contributed by atoms with Crippen LogP contribution in [0, 0.1) is 6.92 Å². The summed E-state index contributed by atoms with van der Waals surface area (Å²) < 4.78 is 0. The fraction of sp³-hybridized carbons (Fsp3) is 0.267. The van der Waals surface area contributed by atoms with Gasteiger partial charge in [-0.15, -0.1) is 0 Å². The van der Waals surface area contributed by atoms with Crippen LogP contribution in [0.3, 0.4) is 0 Å². The highest BCUT2D eigenvalue weighted by Crippen LogP contribution is 2.33. The standard InChI is InChI=1S/C15H16N2/c1-11-8-9-16-10-15(11)17-14-7-6-12-4-2-3-5-13(12)14/h2-5,8-10,14,17H,6-7H2,1H3. The lowest BCUT2D eigenvalue weighted by atomic mass is 10.1. The zero-order valence-corrected chi connectivity index (χ0v) is 9.98. The Morgan fingerprint density at radius 1 is 1.24 bits per heavy atom. The normalized spacial score (nSPS) is 17.8. The second kappa shape index (κ2) is 4.21. The number of hydrogen-bond acceptors (Lipinski definition) is 2. The van der Waals surface area contributed by atoms with Crippen molar-refractivity contribution < 1.29 is 0 Å². The molecule has 0 radical (unpaired) electrons. The van der Waals surface area contributed by atoms with E-state index in [0.717, 1.165) is 5.69 Å². The number of fused-ring (bicyclic) bond motifs is 1. The number of rotatable bonds is 2. The number of pyridine rings is 1. The average molecular weight is 224 g/mol. The third-order valence-corrected chi connectivity index (χ3v) is 3.50. The Hall–Kier alpha value is -1.83. The zero-order valence-electron chi connectivity index (χ0n) is 9.98. The monoisotopic (exact) mass is 224 g/mol. The molecule has 0 amide bonds. The fourth-order valence-electron chi connectivity index (χ4n) is 2.51. The molecule has 0 saturated carbocycles. The third-order valence-electron chi connectivity index (χ3n) is 3.50. The van der Waals surface area contributed by atoms with Crippen molar-refractivity contribution in [3.05, 3.63) is 59.4 Å². The van der Waals surface area contributed by atoms with Gasteiger partial charge in [0.25, 0.3) is 0 Å². The van der Waals surface area contributed by atoms with Crippen molar-refractivity contribution in [3.63, 3.8) is 0 Å². The van der Waals surface area contributed by atoms with Gasteiger partial charge in [-0.3, -0.25) is 4.98 Å². The fourth-order valence-corrected chi connectivity index (χ4v) is 2.51. The Morgan fingerprint density at radius 2 is 2.12 bits per heavy atom. The van der Waals surface area contributed by atoms with E-state index in [2.05, 4.69) is 41.5 Å². The molecule has 1 unspecified atom stereocenters. The summed E-state index contributed by atoms with van der Waals surface area (Å²) >= 11 is 0. The van der Waals surface area contributed by atoms with Gasteiger partial charge in [0.15, 0.2) is 0 Å². The van der Waals surface area contributed by atoms with Gasteiger partial charge in [0.05, 0.1) is 17.9 Å². The van der Waals surface area contributed by atoms with Crippen LogP contribution in [0.2, 0.25) is 0 Å². The van der Waals surface area contributed by atoms with Gasteiger partial charge in [0.1, 0.15) is 0 Å². The smallest absolute Gasteiger partial charge is 0.0561 e.